The topological polar surface area (TPSA) is 68.8 Å². The molecule has 7 heteroatoms. The van der Waals surface area contributed by atoms with Crippen molar-refractivity contribution in [1.29, 1.82) is 0 Å². The molecular formula is C17H16N2O4S. The van der Waals surface area contributed by atoms with Crippen molar-refractivity contribution < 1.29 is 19.0 Å². The van der Waals surface area contributed by atoms with Crippen molar-refractivity contribution in [2.45, 2.75) is 6.23 Å². The van der Waals surface area contributed by atoms with Gasteiger partial charge in [-0.05, 0) is 36.5 Å². The molecule has 0 fully saturated rings. The third kappa shape index (κ3) is 2.98. The number of anilines is 1. The summed E-state index contributed by atoms with van der Waals surface area (Å²) < 4.78 is 15.9. The molecule has 2 aromatic rings. The van der Waals surface area contributed by atoms with Gasteiger partial charge < -0.3 is 24.8 Å². The van der Waals surface area contributed by atoms with E-state index in [0.29, 0.717) is 27.7 Å². The van der Waals surface area contributed by atoms with Crippen LogP contribution in [0.15, 0.2) is 42.5 Å². The van der Waals surface area contributed by atoms with Gasteiger partial charge in [-0.25, -0.2) is 4.79 Å². The van der Waals surface area contributed by atoms with E-state index in [4.69, 9.17) is 26.4 Å². The number of rotatable bonds is 4. The smallest absolute Gasteiger partial charge is 0.344 e. The molecule has 0 saturated heterocycles. The molecule has 1 aliphatic heterocycles. The molecule has 2 N–H and O–H groups in total. The van der Waals surface area contributed by atoms with Crippen LogP contribution >= 0.6 is 12.2 Å². The summed E-state index contributed by atoms with van der Waals surface area (Å²) >= 11 is 5.28. The molecule has 1 heterocycles. The Bertz CT molecular complexity index is 780. The molecule has 1 aliphatic rings. The molecule has 24 heavy (non-hydrogen) atoms. The van der Waals surface area contributed by atoms with Crippen LogP contribution in [0, 0.1) is 0 Å². The summed E-state index contributed by atoms with van der Waals surface area (Å²) in [5.41, 5.74) is 1.83. The normalized spacial score (nSPS) is 15.2. The molecule has 0 bridgehead atoms. The molecule has 1 unspecified atom stereocenters. The number of fused-ring (bicyclic) bond motifs is 1. The third-order valence-electron chi connectivity index (χ3n) is 3.58. The molecule has 0 aliphatic carbocycles. The van der Waals surface area contributed by atoms with Crippen molar-refractivity contribution >= 4 is 29.0 Å². The lowest BCUT2D eigenvalue weighted by molar-refractivity contribution is 0.0355. The molecule has 0 radical (unpaired) electrons. The van der Waals surface area contributed by atoms with Crippen LogP contribution in [0.1, 0.15) is 22.1 Å². The van der Waals surface area contributed by atoms with Gasteiger partial charge in [0.15, 0.2) is 16.6 Å². The zero-order chi connectivity index (χ0) is 17.1. The average Bonchev–Trinajstić information content (AvgIpc) is 2.90. The Labute approximate surface area is 144 Å². The molecule has 3 rings (SSSR count). The first-order chi connectivity index (χ1) is 11.6. The van der Waals surface area contributed by atoms with E-state index in [0.717, 1.165) is 5.69 Å². The van der Waals surface area contributed by atoms with Crippen LogP contribution in [-0.2, 0) is 4.74 Å². The van der Waals surface area contributed by atoms with Gasteiger partial charge >= 0.3 is 5.97 Å². The van der Waals surface area contributed by atoms with Crippen LogP contribution in [-0.4, -0.2) is 25.3 Å². The summed E-state index contributed by atoms with van der Waals surface area (Å²) in [7, 11) is 2.99. The highest BCUT2D eigenvalue weighted by atomic mass is 32.1. The summed E-state index contributed by atoms with van der Waals surface area (Å²) in [4.78, 5) is 12.2. The fraction of sp³-hybridized carbons (Fsp3) is 0.176. The molecule has 1 atom stereocenters. The van der Waals surface area contributed by atoms with Gasteiger partial charge in [0, 0.05) is 11.3 Å². The monoisotopic (exact) mass is 344 g/mol. The number of esters is 1. The largest absolute Gasteiger partial charge is 0.493 e. The number of methoxy groups -OCH3 is 2. The van der Waals surface area contributed by atoms with E-state index in [9.17, 15) is 4.79 Å². The minimum atomic E-state index is -0.684. The van der Waals surface area contributed by atoms with Crippen LogP contribution in [0.25, 0.3) is 0 Å². The van der Waals surface area contributed by atoms with E-state index in [2.05, 4.69) is 10.6 Å². The molecule has 0 amide bonds. The summed E-state index contributed by atoms with van der Waals surface area (Å²) in [6.07, 6.45) is -0.684. The van der Waals surface area contributed by atoms with E-state index >= 15 is 0 Å². The van der Waals surface area contributed by atoms with E-state index in [1.807, 2.05) is 30.3 Å². The highest BCUT2D eigenvalue weighted by molar-refractivity contribution is 7.80. The third-order valence-corrected chi connectivity index (χ3v) is 3.80. The minimum Gasteiger partial charge on any atom is -0.493 e. The number of ether oxygens (including phenoxy) is 3. The summed E-state index contributed by atoms with van der Waals surface area (Å²) in [5, 5.41) is 6.37. The first-order valence-electron chi connectivity index (χ1n) is 7.22. The lowest BCUT2D eigenvalue weighted by Crippen LogP contribution is -2.32. The number of carbonyl (C=O) groups is 1. The maximum atomic E-state index is 12.2. The average molecular weight is 344 g/mol. The van der Waals surface area contributed by atoms with Crippen molar-refractivity contribution in [2.75, 3.05) is 19.5 Å². The standard InChI is InChI=1S/C17H16N2O4S/c1-21-12-9-8-11-13(14(12)22-2)16(20)23-15(11)19-17(24)18-10-6-4-3-5-7-10/h3-9,15H,1-2H3,(H2,18,19,24). The summed E-state index contributed by atoms with van der Waals surface area (Å²) in [6, 6.07) is 13.0. The second kappa shape index (κ2) is 6.76. The van der Waals surface area contributed by atoms with Crippen LogP contribution in [0.4, 0.5) is 5.69 Å². The Morgan fingerprint density at radius 3 is 2.54 bits per heavy atom. The predicted octanol–water partition coefficient (Wildman–Crippen LogP) is 2.86. The molecule has 0 spiro atoms. The number of cyclic esters (lactones) is 1. The van der Waals surface area contributed by atoms with E-state index < -0.39 is 12.2 Å². The maximum absolute atomic E-state index is 12.2. The van der Waals surface area contributed by atoms with Gasteiger partial charge in [-0.15, -0.1) is 0 Å². The number of hydrogen-bond acceptors (Lipinski definition) is 5. The number of hydrogen-bond donors (Lipinski definition) is 2. The van der Waals surface area contributed by atoms with Gasteiger partial charge in [0.1, 0.15) is 5.56 Å². The van der Waals surface area contributed by atoms with Crippen LogP contribution in [0.2, 0.25) is 0 Å². The number of carbonyl (C=O) groups excluding carboxylic acids is 1. The van der Waals surface area contributed by atoms with E-state index in [1.165, 1.54) is 14.2 Å². The number of thiocarbonyl (C=S) groups is 1. The van der Waals surface area contributed by atoms with Gasteiger partial charge in [0.25, 0.3) is 0 Å². The van der Waals surface area contributed by atoms with Crippen molar-refractivity contribution in [2.24, 2.45) is 0 Å². The van der Waals surface area contributed by atoms with Crippen molar-refractivity contribution in [3.63, 3.8) is 0 Å². The zero-order valence-electron chi connectivity index (χ0n) is 13.2. The second-order valence-electron chi connectivity index (χ2n) is 5.02. The Hall–Kier alpha value is -2.80. The van der Waals surface area contributed by atoms with Gasteiger partial charge in [0.2, 0.25) is 6.23 Å². The van der Waals surface area contributed by atoms with Crippen molar-refractivity contribution in [3.8, 4) is 11.5 Å². The number of para-hydroxylation sites is 1. The Balaban J connectivity index is 1.81. The fourth-order valence-corrected chi connectivity index (χ4v) is 2.74. The molecule has 124 valence electrons. The quantitative estimate of drug-likeness (QED) is 0.653. The first-order valence-corrected chi connectivity index (χ1v) is 7.63. The van der Waals surface area contributed by atoms with Gasteiger partial charge in [0.05, 0.1) is 14.2 Å². The highest BCUT2D eigenvalue weighted by Gasteiger charge is 2.36. The molecule has 0 aromatic heterocycles. The summed E-state index contributed by atoms with van der Waals surface area (Å²) in [5.74, 6) is 0.339. The molecule has 0 saturated carbocycles. The van der Waals surface area contributed by atoms with Crippen LogP contribution in [0.3, 0.4) is 0 Å². The van der Waals surface area contributed by atoms with Gasteiger partial charge in [-0.1, -0.05) is 18.2 Å². The lowest BCUT2D eigenvalue weighted by atomic mass is 10.1. The van der Waals surface area contributed by atoms with E-state index in [1.54, 1.807) is 12.1 Å². The van der Waals surface area contributed by atoms with Crippen LogP contribution in [0.5, 0.6) is 11.5 Å². The maximum Gasteiger partial charge on any atom is 0.344 e. The Morgan fingerprint density at radius 2 is 1.88 bits per heavy atom. The Kier molecular flexibility index (Phi) is 4.52. The SMILES string of the molecule is COc1ccc2c(c1OC)C(=O)OC2NC(=S)Nc1ccccc1. The highest BCUT2D eigenvalue weighted by Crippen LogP contribution is 2.40. The number of nitrogens with one attached hydrogen (secondary N) is 2. The predicted molar refractivity (Wildman–Crippen MR) is 93.5 cm³/mol. The summed E-state index contributed by atoms with van der Waals surface area (Å²) in [6.45, 7) is 0. The molecular weight excluding hydrogens is 328 g/mol. The van der Waals surface area contributed by atoms with E-state index in [-0.39, 0.29) is 0 Å². The number of benzene rings is 2. The lowest BCUT2D eigenvalue weighted by Gasteiger charge is -2.16. The van der Waals surface area contributed by atoms with Crippen LogP contribution < -0.4 is 20.1 Å². The van der Waals surface area contributed by atoms with Gasteiger partial charge in [-0.2, -0.15) is 0 Å². The molecule has 2 aromatic carbocycles. The Morgan fingerprint density at radius 1 is 1.12 bits per heavy atom. The fourth-order valence-electron chi connectivity index (χ4n) is 2.52. The molecule has 6 nitrogen and oxygen atoms in total. The minimum absolute atomic E-state index is 0.344. The van der Waals surface area contributed by atoms with Crippen molar-refractivity contribution in [3.05, 3.63) is 53.6 Å². The first kappa shape index (κ1) is 16.1. The zero-order valence-corrected chi connectivity index (χ0v) is 14.0. The second-order valence-corrected chi connectivity index (χ2v) is 5.42. The van der Waals surface area contributed by atoms with Gasteiger partial charge in [-0.3, -0.25) is 0 Å². The van der Waals surface area contributed by atoms with Crippen molar-refractivity contribution in [1.82, 2.24) is 5.32 Å².